The van der Waals surface area contributed by atoms with Gasteiger partial charge in [-0.05, 0) is 24.6 Å². The Morgan fingerprint density at radius 2 is 2.55 bits per heavy atom. The Kier molecular flexibility index (Phi) is 3.83. The van der Waals surface area contributed by atoms with E-state index in [-0.39, 0.29) is 11.9 Å². The van der Waals surface area contributed by atoms with E-state index in [1.54, 1.807) is 35.9 Å². The molecule has 1 N–H and O–H groups in total. The van der Waals surface area contributed by atoms with Gasteiger partial charge in [-0.1, -0.05) is 0 Å². The fraction of sp³-hybridized carbons (Fsp3) is 0.286. The monoisotopic (exact) mass is 289 g/mol. The van der Waals surface area contributed by atoms with Crippen LogP contribution in [0.15, 0.2) is 40.5 Å². The van der Waals surface area contributed by atoms with Crippen LogP contribution in [-0.4, -0.2) is 30.0 Å². The number of furan rings is 1. The molecule has 1 aliphatic rings. The van der Waals surface area contributed by atoms with E-state index in [2.05, 4.69) is 15.2 Å². The average Bonchev–Trinajstić information content (AvgIpc) is 3.18. The number of aromatic nitrogens is 1. The Hall–Kier alpha value is -2.08. The molecule has 0 aromatic carbocycles. The van der Waals surface area contributed by atoms with Gasteiger partial charge in [0.05, 0.1) is 6.26 Å². The lowest BCUT2D eigenvalue weighted by atomic mass is 10.2. The molecule has 0 saturated carbocycles. The molecule has 0 spiro atoms. The first-order chi connectivity index (χ1) is 9.81. The fourth-order valence-electron chi connectivity index (χ4n) is 2.22. The highest BCUT2D eigenvalue weighted by Gasteiger charge is 2.24. The van der Waals surface area contributed by atoms with Crippen molar-refractivity contribution in [1.82, 2.24) is 10.3 Å². The van der Waals surface area contributed by atoms with E-state index in [0.29, 0.717) is 5.76 Å². The van der Waals surface area contributed by atoms with Crippen LogP contribution in [0.25, 0.3) is 6.08 Å². The summed E-state index contributed by atoms with van der Waals surface area (Å²) in [5, 5.41) is 5.99. The number of anilines is 1. The summed E-state index contributed by atoms with van der Waals surface area (Å²) in [7, 11) is 0. The van der Waals surface area contributed by atoms with Crippen molar-refractivity contribution < 1.29 is 9.21 Å². The summed E-state index contributed by atoms with van der Waals surface area (Å²) < 4.78 is 5.14. The number of carbonyl (C=O) groups excluding carboxylic acids is 1. The summed E-state index contributed by atoms with van der Waals surface area (Å²) >= 11 is 1.63. The number of hydrogen-bond acceptors (Lipinski definition) is 5. The number of rotatable bonds is 4. The first kappa shape index (κ1) is 12.9. The highest BCUT2D eigenvalue weighted by Crippen LogP contribution is 2.22. The molecule has 6 heteroatoms. The molecule has 2 aromatic heterocycles. The molecule has 0 bridgehead atoms. The zero-order valence-corrected chi connectivity index (χ0v) is 11.7. The maximum absolute atomic E-state index is 11.8. The number of thiazole rings is 1. The van der Waals surface area contributed by atoms with Gasteiger partial charge in [0.25, 0.3) is 0 Å². The first-order valence-corrected chi connectivity index (χ1v) is 7.36. The van der Waals surface area contributed by atoms with Gasteiger partial charge in [-0.2, -0.15) is 0 Å². The fourth-order valence-corrected chi connectivity index (χ4v) is 2.90. The zero-order valence-electron chi connectivity index (χ0n) is 10.9. The molecule has 3 rings (SSSR count). The van der Waals surface area contributed by atoms with Crippen molar-refractivity contribution in [2.24, 2.45) is 0 Å². The lowest BCUT2D eigenvalue weighted by molar-refractivity contribution is -0.117. The highest BCUT2D eigenvalue weighted by atomic mass is 32.1. The molecule has 1 aliphatic heterocycles. The van der Waals surface area contributed by atoms with Crippen molar-refractivity contribution in [3.63, 3.8) is 0 Å². The number of nitrogens with one attached hydrogen (secondary N) is 1. The minimum atomic E-state index is -0.0904. The normalized spacial score (nSPS) is 18.8. The van der Waals surface area contributed by atoms with E-state index in [4.69, 9.17) is 4.42 Å². The second kappa shape index (κ2) is 5.92. The third kappa shape index (κ3) is 3.08. The molecular weight excluding hydrogens is 274 g/mol. The maximum atomic E-state index is 11.8. The molecule has 1 fully saturated rings. The van der Waals surface area contributed by atoms with Crippen LogP contribution in [-0.2, 0) is 4.79 Å². The van der Waals surface area contributed by atoms with Crippen LogP contribution < -0.4 is 10.2 Å². The van der Waals surface area contributed by atoms with Crippen LogP contribution in [0.1, 0.15) is 12.2 Å². The van der Waals surface area contributed by atoms with Crippen LogP contribution in [0.5, 0.6) is 0 Å². The minimum Gasteiger partial charge on any atom is -0.465 e. The predicted molar refractivity (Wildman–Crippen MR) is 78.6 cm³/mol. The summed E-state index contributed by atoms with van der Waals surface area (Å²) in [4.78, 5) is 18.3. The molecule has 3 heterocycles. The van der Waals surface area contributed by atoms with Crippen LogP contribution in [0.2, 0.25) is 0 Å². The zero-order chi connectivity index (χ0) is 13.8. The van der Waals surface area contributed by atoms with Crippen LogP contribution in [0.3, 0.4) is 0 Å². The molecular formula is C14H15N3O2S. The third-order valence-corrected chi connectivity index (χ3v) is 4.00. The van der Waals surface area contributed by atoms with Crippen LogP contribution in [0, 0.1) is 0 Å². The van der Waals surface area contributed by atoms with E-state index in [1.807, 2.05) is 11.4 Å². The van der Waals surface area contributed by atoms with E-state index < -0.39 is 0 Å². The Labute approximate surface area is 120 Å². The van der Waals surface area contributed by atoms with E-state index in [9.17, 15) is 4.79 Å². The van der Waals surface area contributed by atoms with E-state index in [1.165, 1.54) is 6.08 Å². The smallest absolute Gasteiger partial charge is 0.244 e. The van der Waals surface area contributed by atoms with Gasteiger partial charge in [0.1, 0.15) is 5.76 Å². The summed E-state index contributed by atoms with van der Waals surface area (Å²) in [6.07, 6.45) is 7.51. The quantitative estimate of drug-likeness (QED) is 0.876. The molecule has 1 amide bonds. The Morgan fingerprint density at radius 1 is 1.60 bits per heavy atom. The minimum absolute atomic E-state index is 0.0904. The molecule has 0 radical (unpaired) electrons. The Balaban J connectivity index is 1.50. The van der Waals surface area contributed by atoms with Crippen molar-refractivity contribution >= 4 is 28.5 Å². The van der Waals surface area contributed by atoms with Crippen molar-refractivity contribution in [2.75, 3.05) is 18.0 Å². The lowest BCUT2D eigenvalue weighted by Gasteiger charge is -2.15. The van der Waals surface area contributed by atoms with Crippen molar-refractivity contribution in [2.45, 2.75) is 12.5 Å². The molecule has 104 valence electrons. The Bertz CT molecular complexity index is 578. The first-order valence-electron chi connectivity index (χ1n) is 6.48. The van der Waals surface area contributed by atoms with Gasteiger partial charge in [0.15, 0.2) is 5.13 Å². The summed E-state index contributed by atoms with van der Waals surface area (Å²) in [5.41, 5.74) is 0. The van der Waals surface area contributed by atoms with Gasteiger partial charge < -0.3 is 14.6 Å². The molecule has 5 nitrogen and oxygen atoms in total. The standard InChI is InChI=1S/C14H15N3O2S/c18-13(4-3-12-2-1-8-19-12)16-11-5-7-17(10-11)14-15-6-9-20-14/h1-4,6,8-9,11H,5,7,10H2,(H,16,18)/b4-3+/t11-/m0/s1. The van der Waals surface area contributed by atoms with E-state index >= 15 is 0 Å². The molecule has 20 heavy (non-hydrogen) atoms. The molecule has 2 aromatic rings. The number of nitrogens with zero attached hydrogens (tertiary/aromatic N) is 2. The molecule has 0 unspecified atom stereocenters. The van der Waals surface area contributed by atoms with Gasteiger partial charge in [-0.15, -0.1) is 11.3 Å². The largest absolute Gasteiger partial charge is 0.465 e. The average molecular weight is 289 g/mol. The third-order valence-electron chi connectivity index (χ3n) is 3.17. The van der Waals surface area contributed by atoms with Gasteiger partial charge in [-0.3, -0.25) is 4.79 Å². The van der Waals surface area contributed by atoms with Crippen molar-refractivity contribution in [3.8, 4) is 0 Å². The predicted octanol–water partition coefficient (Wildman–Crippen LogP) is 2.14. The second-order valence-electron chi connectivity index (χ2n) is 4.60. The highest BCUT2D eigenvalue weighted by molar-refractivity contribution is 7.13. The van der Waals surface area contributed by atoms with Gasteiger partial charge in [-0.25, -0.2) is 4.98 Å². The number of hydrogen-bond donors (Lipinski definition) is 1. The maximum Gasteiger partial charge on any atom is 0.244 e. The number of amides is 1. The van der Waals surface area contributed by atoms with Gasteiger partial charge in [0.2, 0.25) is 5.91 Å². The van der Waals surface area contributed by atoms with Gasteiger partial charge >= 0.3 is 0 Å². The van der Waals surface area contributed by atoms with Gasteiger partial charge in [0, 0.05) is 36.8 Å². The van der Waals surface area contributed by atoms with Crippen LogP contribution in [0.4, 0.5) is 5.13 Å². The van der Waals surface area contributed by atoms with E-state index in [0.717, 1.165) is 24.6 Å². The SMILES string of the molecule is O=C(/C=C/c1ccco1)N[C@H]1CCN(c2nccs2)C1. The van der Waals surface area contributed by atoms with Crippen molar-refractivity contribution in [3.05, 3.63) is 41.8 Å². The topological polar surface area (TPSA) is 58.4 Å². The molecule has 1 atom stereocenters. The lowest BCUT2D eigenvalue weighted by Crippen LogP contribution is -2.36. The summed E-state index contributed by atoms with van der Waals surface area (Å²) in [6, 6.07) is 3.77. The van der Waals surface area contributed by atoms with Crippen molar-refractivity contribution in [1.29, 1.82) is 0 Å². The molecule has 1 saturated heterocycles. The number of carbonyl (C=O) groups is 1. The summed E-state index contributed by atoms with van der Waals surface area (Å²) in [5.74, 6) is 0.586. The Morgan fingerprint density at radius 3 is 3.30 bits per heavy atom. The molecule has 0 aliphatic carbocycles. The van der Waals surface area contributed by atoms with Crippen LogP contribution >= 0.6 is 11.3 Å². The second-order valence-corrected chi connectivity index (χ2v) is 5.48. The summed E-state index contributed by atoms with van der Waals surface area (Å²) in [6.45, 7) is 1.74.